The van der Waals surface area contributed by atoms with Crippen LogP contribution in [-0.4, -0.2) is 49.8 Å². The Kier molecular flexibility index (Phi) is 4.68. The summed E-state index contributed by atoms with van der Waals surface area (Å²) >= 11 is 0. The lowest BCUT2D eigenvalue weighted by molar-refractivity contribution is 0.00108. The Bertz CT molecular complexity index is 306. The van der Waals surface area contributed by atoms with Gasteiger partial charge in [-0.3, -0.25) is 0 Å². The van der Waals surface area contributed by atoms with Gasteiger partial charge in [0.2, 0.25) is 0 Å². The average Bonchev–Trinajstić information content (AvgIpc) is 2.62. The van der Waals surface area contributed by atoms with Crippen LogP contribution in [0.2, 0.25) is 0 Å². The maximum Gasteiger partial charge on any atom is 0.0471 e. The van der Waals surface area contributed by atoms with Gasteiger partial charge in [-0.15, -0.1) is 0 Å². The van der Waals surface area contributed by atoms with Crippen molar-refractivity contribution in [3.8, 4) is 0 Å². The first-order valence-electron chi connectivity index (χ1n) is 8.75. The van der Waals surface area contributed by atoms with Crippen LogP contribution in [0.1, 0.15) is 58.3 Å². The van der Waals surface area contributed by atoms with Crippen LogP contribution in [0.25, 0.3) is 0 Å². The molecule has 3 nitrogen and oxygen atoms in total. The van der Waals surface area contributed by atoms with E-state index < -0.39 is 0 Å². The van der Waals surface area contributed by atoms with Crippen molar-refractivity contribution in [3.05, 3.63) is 0 Å². The van der Waals surface area contributed by atoms with Gasteiger partial charge in [-0.1, -0.05) is 26.2 Å². The van der Waals surface area contributed by atoms with E-state index in [0.29, 0.717) is 11.0 Å². The predicted octanol–water partition coefficient (Wildman–Crippen LogP) is 2.80. The van der Waals surface area contributed by atoms with Gasteiger partial charge >= 0.3 is 0 Å². The highest BCUT2D eigenvalue weighted by molar-refractivity contribution is 4.96. The van der Waals surface area contributed by atoms with Gasteiger partial charge in [0.05, 0.1) is 0 Å². The fourth-order valence-electron chi connectivity index (χ4n) is 4.48. The maximum atomic E-state index is 5.56. The minimum Gasteiger partial charge on any atom is -0.381 e. The summed E-state index contributed by atoms with van der Waals surface area (Å²) in [4.78, 5) is 2.77. The summed E-state index contributed by atoms with van der Waals surface area (Å²) in [7, 11) is 0. The molecule has 3 fully saturated rings. The van der Waals surface area contributed by atoms with Crippen LogP contribution in [0.3, 0.4) is 0 Å². The lowest BCUT2D eigenvalue weighted by atomic mass is 9.79. The van der Waals surface area contributed by atoms with E-state index in [1.54, 1.807) is 0 Å². The molecule has 1 aliphatic carbocycles. The molecule has 0 aromatic carbocycles. The highest BCUT2D eigenvalue weighted by Crippen LogP contribution is 2.34. The molecule has 20 heavy (non-hydrogen) atoms. The molecular weight excluding hydrogens is 248 g/mol. The van der Waals surface area contributed by atoms with E-state index in [1.807, 2.05) is 0 Å². The van der Waals surface area contributed by atoms with Gasteiger partial charge in [-0.25, -0.2) is 0 Å². The number of ether oxygens (including phenoxy) is 1. The van der Waals surface area contributed by atoms with Gasteiger partial charge in [0.1, 0.15) is 0 Å². The number of nitrogens with one attached hydrogen (secondary N) is 1. The molecule has 2 saturated heterocycles. The van der Waals surface area contributed by atoms with Crippen LogP contribution < -0.4 is 5.32 Å². The summed E-state index contributed by atoms with van der Waals surface area (Å²) in [5.41, 5.74) is 0.925. The first kappa shape index (κ1) is 14.8. The Morgan fingerprint density at radius 2 is 1.75 bits per heavy atom. The van der Waals surface area contributed by atoms with Crippen LogP contribution >= 0.6 is 0 Å². The Hall–Kier alpha value is -0.120. The van der Waals surface area contributed by atoms with Crippen molar-refractivity contribution in [3.63, 3.8) is 0 Å². The number of rotatable bonds is 2. The van der Waals surface area contributed by atoms with Crippen molar-refractivity contribution in [2.75, 3.05) is 39.4 Å². The second kappa shape index (κ2) is 6.33. The Morgan fingerprint density at radius 3 is 2.50 bits per heavy atom. The van der Waals surface area contributed by atoms with E-state index in [4.69, 9.17) is 4.74 Å². The van der Waals surface area contributed by atoms with Crippen LogP contribution in [0.5, 0.6) is 0 Å². The lowest BCUT2D eigenvalue weighted by Gasteiger charge is -2.43. The third kappa shape index (κ3) is 3.55. The van der Waals surface area contributed by atoms with Crippen molar-refractivity contribution in [2.24, 2.45) is 5.41 Å². The van der Waals surface area contributed by atoms with E-state index in [9.17, 15) is 0 Å². The van der Waals surface area contributed by atoms with E-state index in [-0.39, 0.29) is 0 Å². The van der Waals surface area contributed by atoms with Crippen molar-refractivity contribution >= 4 is 0 Å². The molecule has 0 atom stereocenters. The zero-order chi connectivity index (χ0) is 13.9. The first-order valence-corrected chi connectivity index (χ1v) is 8.75. The third-order valence-corrected chi connectivity index (χ3v) is 5.79. The molecule has 0 aromatic heterocycles. The zero-order valence-electron chi connectivity index (χ0n) is 13.3. The van der Waals surface area contributed by atoms with Crippen LogP contribution in [0, 0.1) is 5.41 Å². The standard InChI is InChI=1S/C17H32N2O/c1-16(8-12-20-13-9-16)14-19-11-5-10-18-17(15-19)6-3-2-4-7-17/h18H,2-15H2,1H3. The molecule has 3 heteroatoms. The van der Waals surface area contributed by atoms with Gasteiger partial charge < -0.3 is 15.0 Å². The maximum absolute atomic E-state index is 5.56. The summed E-state index contributed by atoms with van der Waals surface area (Å²) in [5, 5.41) is 3.91. The summed E-state index contributed by atoms with van der Waals surface area (Å²) in [6.45, 7) is 9.47. The normalized spacial score (nSPS) is 31.1. The largest absolute Gasteiger partial charge is 0.381 e. The van der Waals surface area contributed by atoms with Crippen molar-refractivity contribution in [1.82, 2.24) is 10.2 Å². The summed E-state index contributed by atoms with van der Waals surface area (Å²) in [6.07, 6.45) is 10.9. The monoisotopic (exact) mass is 280 g/mol. The number of nitrogens with zero attached hydrogens (tertiary/aromatic N) is 1. The second-order valence-corrected chi connectivity index (χ2v) is 7.76. The van der Waals surface area contributed by atoms with Crippen molar-refractivity contribution in [2.45, 2.75) is 63.8 Å². The molecule has 0 amide bonds. The molecule has 0 radical (unpaired) electrons. The molecule has 3 rings (SSSR count). The molecule has 1 spiro atoms. The average molecular weight is 280 g/mol. The molecule has 1 saturated carbocycles. The third-order valence-electron chi connectivity index (χ3n) is 5.79. The molecule has 1 N–H and O–H groups in total. The molecule has 3 aliphatic rings. The van der Waals surface area contributed by atoms with Crippen LogP contribution in [0.4, 0.5) is 0 Å². The van der Waals surface area contributed by atoms with E-state index in [0.717, 1.165) is 13.2 Å². The highest BCUT2D eigenvalue weighted by Gasteiger charge is 2.37. The summed E-state index contributed by atoms with van der Waals surface area (Å²) in [5.74, 6) is 0. The zero-order valence-corrected chi connectivity index (χ0v) is 13.3. The van der Waals surface area contributed by atoms with E-state index >= 15 is 0 Å². The molecule has 2 heterocycles. The Labute approximate surface area is 124 Å². The van der Waals surface area contributed by atoms with Gasteiger partial charge in [0.25, 0.3) is 0 Å². The Balaban J connectivity index is 1.62. The first-order chi connectivity index (χ1) is 9.70. The van der Waals surface area contributed by atoms with Gasteiger partial charge in [-0.2, -0.15) is 0 Å². The van der Waals surface area contributed by atoms with Crippen LogP contribution in [-0.2, 0) is 4.74 Å². The van der Waals surface area contributed by atoms with Gasteiger partial charge in [0.15, 0.2) is 0 Å². The topological polar surface area (TPSA) is 24.5 Å². The lowest BCUT2D eigenvalue weighted by Crippen LogP contribution is -2.54. The molecule has 116 valence electrons. The van der Waals surface area contributed by atoms with Gasteiger partial charge in [0, 0.05) is 31.8 Å². The second-order valence-electron chi connectivity index (χ2n) is 7.76. The molecule has 2 aliphatic heterocycles. The van der Waals surface area contributed by atoms with E-state index in [2.05, 4.69) is 17.1 Å². The van der Waals surface area contributed by atoms with E-state index in [1.165, 1.54) is 77.5 Å². The molecular formula is C17H32N2O. The van der Waals surface area contributed by atoms with Crippen LogP contribution in [0.15, 0.2) is 0 Å². The number of hydrogen-bond acceptors (Lipinski definition) is 3. The highest BCUT2D eigenvalue weighted by atomic mass is 16.5. The smallest absolute Gasteiger partial charge is 0.0471 e. The minimum absolute atomic E-state index is 0.441. The molecule has 0 unspecified atom stereocenters. The Morgan fingerprint density at radius 1 is 1.00 bits per heavy atom. The van der Waals surface area contributed by atoms with Crippen molar-refractivity contribution < 1.29 is 4.74 Å². The molecule has 0 bridgehead atoms. The fraction of sp³-hybridized carbons (Fsp3) is 1.00. The van der Waals surface area contributed by atoms with Crippen molar-refractivity contribution in [1.29, 1.82) is 0 Å². The number of hydrogen-bond donors (Lipinski definition) is 1. The SMILES string of the molecule is CC1(CN2CCCNC3(CCCCC3)C2)CCOCC1. The minimum atomic E-state index is 0.441. The predicted molar refractivity (Wildman–Crippen MR) is 83.0 cm³/mol. The molecule has 0 aromatic rings. The summed E-state index contributed by atoms with van der Waals surface area (Å²) < 4.78 is 5.56. The fourth-order valence-corrected chi connectivity index (χ4v) is 4.48. The van der Waals surface area contributed by atoms with Gasteiger partial charge in [-0.05, 0) is 50.6 Å². The quantitative estimate of drug-likeness (QED) is 0.842. The summed E-state index contributed by atoms with van der Waals surface area (Å²) in [6, 6.07) is 0.